The second-order valence-electron chi connectivity index (χ2n) is 8.06. The van der Waals surface area contributed by atoms with Gasteiger partial charge in [-0.3, -0.25) is 19.7 Å². The molecule has 1 aromatic heterocycles. The quantitative estimate of drug-likeness (QED) is 0.266. The maximum absolute atomic E-state index is 13.3. The van der Waals surface area contributed by atoms with Gasteiger partial charge in [-0.15, -0.1) is 0 Å². The lowest BCUT2D eigenvalue weighted by Crippen LogP contribution is -2.29. The summed E-state index contributed by atoms with van der Waals surface area (Å²) in [5, 5.41) is 16.2. The molecule has 0 radical (unpaired) electrons. The highest BCUT2D eigenvalue weighted by atomic mass is 79.9. The number of nitro groups is 1. The first kappa shape index (κ1) is 24.5. The Labute approximate surface area is 204 Å². The standard InChI is InChI=1S/C21H19Br2N5O5/c1-21(2,3)20-26-15-5-4-12(22)7-14(15)19(30)27(20)25-9-11-6-13(23)8-16(28(31)32)18(11)33-10-17(24)29/h4-9H,10H2,1-3H3,(H2,24,29). The predicted molar refractivity (Wildman–Crippen MR) is 131 cm³/mol. The molecule has 0 aliphatic heterocycles. The first-order valence-electron chi connectivity index (χ1n) is 9.54. The van der Waals surface area contributed by atoms with Gasteiger partial charge in [-0.05, 0) is 24.3 Å². The van der Waals surface area contributed by atoms with E-state index >= 15 is 0 Å². The highest BCUT2D eigenvalue weighted by Crippen LogP contribution is 2.34. The molecule has 10 nitrogen and oxygen atoms in total. The van der Waals surface area contributed by atoms with Crippen molar-refractivity contribution in [2.45, 2.75) is 26.2 Å². The van der Waals surface area contributed by atoms with Crippen LogP contribution < -0.4 is 16.0 Å². The lowest BCUT2D eigenvalue weighted by Gasteiger charge is -2.21. The zero-order chi connectivity index (χ0) is 24.5. The van der Waals surface area contributed by atoms with Crippen LogP contribution in [0.3, 0.4) is 0 Å². The number of primary amides is 1. The Morgan fingerprint density at radius 1 is 1.27 bits per heavy atom. The average Bonchev–Trinajstić information content (AvgIpc) is 2.71. The number of halogens is 2. The summed E-state index contributed by atoms with van der Waals surface area (Å²) in [6.07, 6.45) is 1.25. The number of fused-ring (bicyclic) bond motifs is 1. The molecule has 12 heteroatoms. The van der Waals surface area contributed by atoms with Gasteiger partial charge in [0.25, 0.3) is 11.5 Å². The average molecular weight is 581 g/mol. The molecule has 0 aliphatic carbocycles. The summed E-state index contributed by atoms with van der Waals surface area (Å²) < 4.78 is 7.55. The normalized spacial score (nSPS) is 11.8. The maximum atomic E-state index is 13.3. The van der Waals surface area contributed by atoms with Gasteiger partial charge in [0.2, 0.25) is 5.75 Å². The number of nitro benzene ring substituents is 1. The van der Waals surface area contributed by atoms with Crippen molar-refractivity contribution in [3.63, 3.8) is 0 Å². The molecule has 0 unspecified atom stereocenters. The van der Waals surface area contributed by atoms with Gasteiger partial charge in [-0.2, -0.15) is 9.78 Å². The zero-order valence-corrected chi connectivity index (χ0v) is 21.0. The summed E-state index contributed by atoms with van der Waals surface area (Å²) in [4.78, 5) is 40.0. The Morgan fingerprint density at radius 2 is 1.97 bits per heavy atom. The molecule has 0 bridgehead atoms. The number of nitrogens with zero attached hydrogens (tertiary/aromatic N) is 4. The molecule has 0 atom stereocenters. The second kappa shape index (κ2) is 9.40. The minimum atomic E-state index is -0.800. The molecule has 0 saturated heterocycles. The number of carbonyl (C=O) groups is 1. The maximum Gasteiger partial charge on any atom is 0.312 e. The Balaban J connectivity index is 2.25. The summed E-state index contributed by atoms with van der Waals surface area (Å²) in [5.74, 6) is -0.610. The third-order valence-corrected chi connectivity index (χ3v) is 5.36. The lowest BCUT2D eigenvalue weighted by atomic mass is 9.95. The van der Waals surface area contributed by atoms with Crippen LogP contribution in [-0.4, -0.2) is 33.3 Å². The highest BCUT2D eigenvalue weighted by molar-refractivity contribution is 9.10. The molecule has 2 N–H and O–H groups in total. The van der Waals surface area contributed by atoms with Crippen LogP contribution >= 0.6 is 31.9 Å². The topological polar surface area (TPSA) is 143 Å². The van der Waals surface area contributed by atoms with E-state index in [1.54, 1.807) is 18.2 Å². The summed E-state index contributed by atoms with van der Waals surface area (Å²) in [6.45, 7) is 5.09. The van der Waals surface area contributed by atoms with Gasteiger partial charge in [0, 0.05) is 26.0 Å². The molecule has 2 aromatic carbocycles. The number of amides is 1. The van der Waals surface area contributed by atoms with Gasteiger partial charge in [0.1, 0.15) is 5.82 Å². The lowest BCUT2D eigenvalue weighted by molar-refractivity contribution is -0.385. The molecule has 0 fully saturated rings. The van der Waals surface area contributed by atoms with Crippen LogP contribution in [0.4, 0.5) is 5.69 Å². The Bertz CT molecular complexity index is 1360. The van der Waals surface area contributed by atoms with Gasteiger partial charge >= 0.3 is 5.69 Å². The molecule has 3 aromatic rings. The van der Waals surface area contributed by atoms with Crippen LogP contribution in [0, 0.1) is 10.1 Å². The van der Waals surface area contributed by atoms with Crippen molar-refractivity contribution in [2.24, 2.45) is 10.8 Å². The van der Waals surface area contributed by atoms with Crippen molar-refractivity contribution in [1.82, 2.24) is 9.66 Å². The smallest absolute Gasteiger partial charge is 0.312 e. The molecule has 0 aliphatic rings. The molecule has 1 amide bonds. The highest BCUT2D eigenvalue weighted by Gasteiger charge is 2.24. The largest absolute Gasteiger partial charge is 0.476 e. The number of aromatic nitrogens is 2. The fourth-order valence-corrected chi connectivity index (χ4v) is 3.82. The molecular weight excluding hydrogens is 562 g/mol. The van der Waals surface area contributed by atoms with E-state index in [4.69, 9.17) is 10.5 Å². The predicted octanol–water partition coefficient (Wildman–Crippen LogP) is 3.87. The molecule has 0 saturated carbocycles. The third-order valence-electron chi connectivity index (χ3n) is 4.41. The Kier molecular flexibility index (Phi) is 6.98. The summed E-state index contributed by atoms with van der Waals surface area (Å²) >= 11 is 6.58. The molecule has 172 valence electrons. The number of ether oxygens (including phenoxy) is 1. The summed E-state index contributed by atoms with van der Waals surface area (Å²) in [7, 11) is 0. The number of nitrogens with two attached hydrogens (primary N) is 1. The van der Waals surface area contributed by atoms with E-state index in [9.17, 15) is 19.7 Å². The molecule has 3 rings (SSSR count). The molecule has 33 heavy (non-hydrogen) atoms. The Morgan fingerprint density at radius 3 is 2.58 bits per heavy atom. The van der Waals surface area contributed by atoms with E-state index in [2.05, 4.69) is 41.9 Å². The van der Waals surface area contributed by atoms with Crippen molar-refractivity contribution in [2.75, 3.05) is 6.61 Å². The minimum Gasteiger partial charge on any atom is -0.476 e. The van der Waals surface area contributed by atoms with Crippen molar-refractivity contribution in [1.29, 1.82) is 0 Å². The van der Waals surface area contributed by atoms with E-state index in [-0.39, 0.29) is 11.3 Å². The van der Waals surface area contributed by atoms with Gasteiger partial charge < -0.3 is 10.5 Å². The van der Waals surface area contributed by atoms with E-state index in [0.717, 1.165) is 4.68 Å². The molecular formula is C21H19Br2N5O5. The van der Waals surface area contributed by atoms with Crippen LogP contribution in [0.2, 0.25) is 0 Å². The van der Waals surface area contributed by atoms with Crippen LogP contribution in [-0.2, 0) is 10.2 Å². The van der Waals surface area contributed by atoms with Crippen molar-refractivity contribution in [3.8, 4) is 5.75 Å². The third kappa shape index (κ3) is 5.45. The Hall–Kier alpha value is -3.12. The van der Waals surface area contributed by atoms with Crippen LogP contribution in [0.25, 0.3) is 10.9 Å². The van der Waals surface area contributed by atoms with Gasteiger partial charge in [-0.25, -0.2) is 4.98 Å². The van der Waals surface area contributed by atoms with Crippen LogP contribution in [0.1, 0.15) is 32.2 Å². The second-order valence-corrected chi connectivity index (χ2v) is 9.90. The number of benzene rings is 2. The number of rotatable bonds is 6. The van der Waals surface area contributed by atoms with E-state index in [0.29, 0.717) is 25.7 Å². The minimum absolute atomic E-state index is 0.165. The van der Waals surface area contributed by atoms with Crippen molar-refractivity contribution >= 4 is 60.6 Å². The zero-order valence-electron chi connectivity index (χ0n) is 17.8. The van der Waals surface area contributed by atoms with E-state index in [1.165, 1.54) is 18.3 Å². The number of hydrogen-bond donors (Lipinski definition) is 1. The molecule has 1 heterocycles. The monoisotopic (exact) mass is 579 g/mol. The summed E-state index contributed by atoms with van der Waals surface area (Å²) in [5.41, 5.74) is 4.46. The fraction of sp³-hybridized carbons (Fsp3) is 0.238. The summed E-state index contributed by atoms with van der Waals surface area (Å²) in [6, 6.07) is 7.92. The van der Waals surface area contributed by atoms with Crippen LogP contribution in [0.5, 0.6) is 5.75 Å². The van der Waals surface area contributed by atoms with Crippen molar-refractivity contribution < 1.29 is 14.5 Å². The SMILES string of the molecule is CC(C)(C)c1nc2ccc(Br)cc2c(=O)n1N=Cc1cc(Br)cc([N+](=O)[O-])c1OCC(N)=O. The number of hydrogen-bond acceptors (Lipinski definition) is 7. The molecule has 0 spiro atoms. The van der Waals surface area contributed by atoms with Crippen molar-refractivity contribution in [3.05, 3.63) is 71.1 Å². The fourth-order valence-electron chi connectivity index (χ4n) is 2.99. The van der Waals surface area contributed by atoms with Crippen LogP contribution in [0.15, 0.2) is 49.2 Å². The van der Waals surface area contributed by atoms with Gasteiger partial charge in [0.15, 0.2) is 6.61 Å². The van der Waals surface area contributed by atoms with E-state index in [1.807, 2.05) is 20.8 Å². The number of carbonyl (C=O) groups excluding carboxylic acids is 1. The van der Waals surface area contributed by atoms with E-state index < -0.39 is 34.1 Å². The first-order chi connectivity index (χ1) is 15.4. The first-order valence-corrected chi connectivity index (χ1v) is 11.1. The van der Waals surface area contributed by atoms with Gasteiger partial charge in [0.05, 0.1) is 22.0 Å². The van der Waals surface area contributed by atoms with Gasteiger partial charge in [-0.1, -0.05) is 52.6 Å².